The van der Waals surface area contributed by atoms with Gasteiger partial charge in [0.25, 0.3) is 5.91 Å². The molecule has 1 atom stereocenters. The van der Waals surface area contributed by atoms with E-state index < -0.39 is 27.4 Å². The minimum absolute atomic E-state index is 0.0249. The van der Waals surface area contributed by atoms with Crippen LogP contribution in [0.4, 0.5) is 0 Å². The number of benzene rings is 2. The van der Waals surface area contributed by atoms with E-state index in [9.17, 15) is 18.0 Å². The predicted molar refractivity (Wildman–Crippen MR) is 117 cm³/mol. The van der Waals surface area contributed by atoms with Crippen LogP contribution < -0.4 is 10.4 Å². The van der Waals surface area contributed by atoms with E-state index in [-0.39, 0.29) is 23.6 Å². The molecule has 0 unspecified atom stereocenters. The summed E-state index contributed by atoms with van der Waals surface area (Å²) in [7, 11) is -3.22. The Morgan fingerprint density at radius 1 is 1.16 bits per heavy atom. The molecule has 0 spiro atoms. The molecule has 2 aromatic carbocycles. The molecule has 1 saturated heterocycles. The van der Waals surface area contributed by atoms with Gasteiger partial charge in [0.2, 0.25) is 0 Å². The second-order valence-electron chi connectivity index (χ2n) is 7.55. The van der Waals surface area contributed by atoms with E-state index in [1.807, 2.05) is 19.1 Å². The molecule has 0 radical (unpaired) electrons. The summed E-state index contributed by atoms with van der Waals surface area (Å²) in [6, 6.07) is 15.2. The number of sulfone groups is 1. The number of hydrogen-bond donors (Lipinski definition) is 0. The summed E-state index contributed by atoms with van der Waals surface area (Å²) in [5.74, 6) is 0.0874. The van der Waals surface area contributed by atoms with Crippen molar-refractivity contribution in [2.45, 2.75) is 25.9 Å². The molecule has 31 heavy (non-hydrogen) atoms. The molecule has 2 heterocycles. The van der Waals surface area contributed by atoms with E-state index in [0.717, 1.165) is 5.56 Å². The molecule has 0 N–H and O–H groups in total. The zero-order chi connectivity index (χ0) is 22.0. The lowest BCUT2D eigenvalue weighted by Crippen LogP contribution is -2.42. The van der Waals surface area contributed by atoms with Crippen LogP contribution in [-0.4, -0.2) is 43.4 Å². The lowest BCUT2D eigenvalue weighted by Gasteiger charge is -2.28. The van der Waals surface area contributed by atoms with Gasteiger partial charge in [0.1, 0.15) is 16.9 Å². The Bertz CT molecular complexity index is 1260. The van der Waals surface area contributed by atoms with Gasteiger partial charge in [-0.2, -0.15) is 0 Å². The average Bonchev–Trinajstić information content (AvgIpc) is 3.11. The summed E-state index contributed by atoms with van der Waals surface area (Å²) in [6.45, 7) is 2.61. The summed E-state index contributed by atoms with van der Waals surface area (Å²) in [6.07, 6.45) is 0.337. The van der Waals surface area contributed by atoms with E-state index in [1.165, 1.54) is 11.0 Å². The molecule has 8 heteroatoms. The normalized spacial score (nSPS) is 17.5. The quantitative estimate of drug-likeness (QED) is 0.546. The number of fused-ring (bicyclic) bond motifs is 1. The van der Waals surface area contributed by atoms with Gasteiger partial charge in [-0.25, -0.2) is 13.2 Å². The fourth-order valence-electron chi connectivity index (χ4n) is 3.81. The Morgan fingerprint density at radius 2 is 1.90 bits per heavy atom. The van der Waals surface area contributed by atoms with Crippen molar-refractivity contribution < 1.29 is 22.4 Å². The van der Waals surface area contributed by atoms with Crippen molar-refractivity contribution in [3.63, 3.8) is 0 Å². The zero-order valence-corrected chi connectivity index (χ0v) is 17.9. The summed E-state index contributed by atoms with van der Waals surface area (Å²) < 4.78 is 34.9. The van der Waals surface area contributed by atoms with Crippen LogP contribution in [0.1, 0.15) is 29.3 Å². The van der Waals surface area contributed by atoms with Gasteiger partial charge in [-0.15, -0.1) is 0 Å². The van der Waals surface area contributed by atoms with Gasteiger partial charge in [-0.1, -0.05) is 30.3 Å². The molecule has 1 amide bonds. The fourth-order valence-corrected chi connectivity index (χ4v) is 5.54. The number of rotatable bonds is 6. The first-order valence-corrected chi connectivity index (χ1v) is 11.9. The molecule has 162 valence electrons. The minimum atomic E-state index is -3.22. The van der Waals surface area contributed by atoms with E-state index in [0.29, 0.717) is 29.7 Å². The van der Waals surface area contributed by atoms with Gasteiger partial charge >= 0.3 is 5.63 Å². The van der Waals surface area contributed by atoms with Gasteiger partial charge in [-0.3, -0.25) is 4.79 Å². The molecular formula is C23H23NO6S. The fraction of sp³-hybridized carbons (Fsp3) is 0.304. The van der Waals surface area contributed by atoms with Gasteiger partial charge in [0.05, 0.1) is 18.1 Å². The molecule has 1 aliphatic rings. The maximum atomic E-state index is 13.4. The van der Waals surface area contributed by atoms with Crippen molar-refractivity contribution in [1.29, 1.82) is 0 Å². The van der Waals surface area contributed by atoms with Gasteiger partial charge in [0, 0.05) is 18.0 Å². The highest BCUT2D eigenvalue weighted by molar-refractivity contribution is 7.91. The van der Waals surface area contributed by atoms with E-state index in [4.69, 9.17) is 9.15 Å². The third kappa shape index (κ3) is 4.64. The Kier molecular flexibility index (Phi) is 5.82. The molecule has 1 fully saturated rings. The minimum Gasteiger partial charge on any atom is -0.494 e. The van der Waals surface area contributed by atoms with Crippen LogP contribution in [0.5, 0.6) is 5.75 Å². The number of ether oxygens (including phenoxy) is 1. The standard InChI is InChI=1S/C23H23NO6S/c1-2-29-19-9-7-16(8-10-19)14-24(18-11-12-31(27,28)15-18)22(25)20-13-17-5-3-4-6-21(17)30-23(20)26/h3-10,13,18H,2,11-12,14-15H2,1H3/t18-/m1/s1. The molecule has 0 saturated carbocycles. The summed E-state index contributed by atoms with van der Waals surface area (Å²) in [4.78, 5) is 27.4. The highest BCUT2D eigenvalue weighted by Gasteiger charge is 2.36. The summed E-state index contributed by atoms with van der Waals surface area (Å²) in [5, 5.41) is 0.630. The van der Waals surface area contributed by atoms with Crippen molar-refractivity contribution in [3.8, 4) is 5.75 Å². The second-order valence-corrected chi connectivity index (χ2v) is 9.78. The zero-order valence-electron chi connectivity index (χ0n) is 17.1. The lowest BCUT2D eigenvalue weighted by molar-refractivity contribution is 0.0676. The molecule has 3 aromatic rings. The van der Waals surface area contributed by atoms with Crippen molar-refractivity contribution in [2.24, 2.45) is 0 Å². The number of hydrogen-bond acceptors (Lipinski definition) is 6. The topological polar surface area (TPSA) is 93.9 Å². The van der Waals surface area contributed by atoms with E-state index >= 15 is 0 Å². The first kappa shape index (κ1) is 21.1. The Labute approximate surface area is 180 Å². The molecule has 1 aromatic heterocycles. The number of carbonyl (C=O) groups excluding carboxylic acids is 1. The number of amides is 1. The Hall–Kier alpha value is -3.13. The third-order valence-electron chi connectivity index (χ3n) is 5.37. The van der Waals surface area contributed by atoms with Crippen LogP contribution in [0.15, 0.2) is 63.8 Å². The molecule has 0 bridgehead atoms. The van der Waals surface area contributed by atoms with E-state index in [1.54, 1.807) is 36.4 Å². The molecule has 1 aliphatic heterocycles. The maximum absolute atomic E-state index is 13.4. The van der Waals surface area contributed by atoms with Crippen molar-refractivity contribution in [1.82, 2.24) is 4.90 Å². The highest BCUT2D eigenvalue weighted by Crippen LogP contribution is 2.24. The largest absolute Gasteiger partial charge is 0.494 e. The number of carbonyl (C=O) groups is 1. The summed E-state index contributed by atoms with van der Waals surface area (Å²) in [5.41, 5.74) is 0.368. The van der Waals surface area contributed by atoms with Crippen molar-refractivity contribution in [2.75, 3.05) is 18.1 Å². The van der Waals surface area contributed by atoms with Crippen molar-refractivity contribution >= 4 is 26.7 Å². The van der Waals surface area contributed by atoms with Crippen LogP contribution in [0.3, 0.4) is 0 Å². The molecule has 4 rings (SSSR count). The first-order chi connectivity index (χ1) is 14.9. The van der Waals surface area contributed by atoms with Crippen LogP contribution in [0.25, 0.3) is 11.0 Å². The Morgan fingerprint density at radius 3 is 2.58 bits per heavy atom. The second kappa shape index (κ2) is 8.55. The van der Waals surface area contributed by atoms with E-state index in [2.05, 4.69) is 0 Å². The van der Waals surface area contributed by atoms with Crippen LogP contribution in [0.2, 0.25) is 0 Å². The predicted octanol–water partition coefficient (Wildman–Crippen LogP) is 3.02. The maximum Gasteiger partial charge on any atom is 0.349 e. The van der Waals surface area contributed by atoms with Crippen LogP contribution in [-0.2, 0) is 16.4 Å². The Balaban J connectivity index is 1.69. The number of para-hydroxylation sites is 1. The van der Waals surface area contributed by atoms with Gasteiger partial charge in [-0.05, 0) is 43.2 Å². The average molecular weight is 442 g/mol. The van der Waals surface area contributed by atoms with Crippen LogP contribution in [0, 0.1) is 0 Å². The summed E-state index contributed by atoms with van der Waals surface area (Å²) >= 11 is 0. The van der Waals surface area contributed by atoms with Gasteiger partial charge < -0.3 is 14.1 Å². The number of nitrogens with zero attached hydrogens (tertiary/aromatic N) is 1. The monoisotopic (exact) mass is 441 g/mol. The smallest absolute Gasteiger partial charge is 0.349 e. The molecule has 0 aliphatic carbocycles. The first-order valence-electron chi connectivity index (χ1n) is 10.1. The SMILES string of the molecule is CCOc1ccc(CN(C(=O)c2cc3ccccc3oc2=O)[C@@H]2CCS(=O)(=O)C2)cc1. The molecular weight excluding hydrogens is 418 g/mol. The van der Waals surface area contributed by atoms with Gasteiger partial charge in [0.15, 0.2) is 9.84 Å². The van der Waals surface area contributed by atoms with Crippen LogP contribution >= 0.6 is 0 Å². The third-order valence-corrected chi connectivity index (χ3v) is 7.12. The van der Waals surface area contributed by atoms with Crippen molar-refractivity contribution in [3.05, 3.63) is 76.1 Å². The molecule has 7 nitrogen and oxygen atoms in total. The highest BCUT2D eigenvalue weighted by atomic mass is 32.2. The lowest BCUT2D eigenvalue weighted by atomic mass is 10.1.